The number of fused-ring (bicyclic) bond motifs is 5. The summed E-state index contributed by atoms with van der Waals surface area (Å²) in [5, 5.41) is 41.2. The van der Waals surface area contributed by atoms with Gasteiger partial charge in [-0.25, -0.2) is 0 Å². The Morgan fingerprint density at radius 3 is 1.50 bits per heavy atom. The number of aliphatic carboxylic acids is 1. The topological polar surface area (TPSA) is 190 Å². The van der Waals surface area contributed by atoms with Gasteiger partial charge in [-0.15, -0.1) is 0 Å². The third kappa shape index (κ3) is 12.9. The van der Waals surface area contributed by atoms with E-state index >= 15 is 0 Å². The number of alkyl halides is 2. The second-order valence-corrected chi connectivity index (χ2v) is 26.6. The fourth-order valence-corrected chi connectivity index (χ4v) is 17.1. The number of hydrogen-bond donors (Lipinski definition) is 3. The highest BCUT2D eigenvalue weighted by molar-refractivity contribution is 9.09. The number of nitrogens with two attached hydrogens (primary N) is 1. The first-order valence-corrected chi connectivity index (χ1v) is 30.1. The van der Waals surface area contributed by atoms with Gasteiger partial charge in [0.2, 0.25) is 5.91 Å². The van der Waals surface area contributed by atoms with Gasteiger partial charge in [0.25, 0.3) is 0 Å². The minimum absolute atomic E-state index is 0.00308. The predicted octanol–water partition coefficient (Wildman–Crippen LogP) is 12.8. The first-order valence-electron chi connectivity index (χ1n) is 27.9. The summed E-state index contributed by atoms with van der Waals surface area (Å²) >= 11 is 6.97. The van der Waals surface area contributed by atoms with Crippen LogP contribution in [0.3, 0.4) is 0 Å². The summed E-state index contributed by atoms with van der Waals surface area (Å²) in [5.41, 5.74) is 6.60. The number of nitrogens with one attached hydrogen (secondary N) is 1. The van der Waals surface area contributed by atoms with Crippen LogP contribution in [0.15, 0.2) is 11.6 Å². The molecule has 0 aromatic heterocycles. The van der Waals surface area contributed by atoms with Crippen LogP contribution in [0.2, 0.25) is 0 Å². The normalized spacial score (nSPS) is 42.6. The van der Waals surface area contributed by atoms with E-state index in [9.17, 15) is 19.6 Å². The number of halogens is 2. The summed E-state index contributed by atoms with van der Waals surface area (Å²) in [4.78, 5) is 33.5. The molecule has 6 unspecified atom stereocenters. The van der Waals surface area contributed by atoms with Crippen LogP contribution < -0.4 is 11.1 Å². The summed E-state index contributed by atoms with van der Waals surface area (Å²) < 4.78 is 4.98. The van der Waals surface area contributed by atoms with Crippen molar-refractivity contribution < 1.29 is 24.2 Å². The average Bonchev–Trinajstić information content (AvgIpc) is 4.09. The molecular weight excluding hydrogens is 1010 g/mol. The molecule has 12 aliphatic rings. The van der Waals surface area contributed by atoms with E-state index in [1.807, 2.05) is 0 Å². The molecular formula is C58H87Br2N5O5. The molecule has 11 aliphatic carbocycles. The molecule has 70 heavy (non-hydrogen) atoms. The summed E-state index contributed by atoms with van der Waals surface area (Å²) in [6.07, 6.45) is 31.6. The third-order valence-electron chi connectivity index (χ3n) is 20.7. The third-order valence-corrected chi connectivity index (χ3v) is 22.3. The van der Waals surface area contributed by atoms with E-state index in [1.54, 1.807) is 6.92 Å². The number of carbonyl (C=O) groups excluding carboxylic acids is 2. The molecule has 1 saturated heterocycles. The van der Waals surface area contributed by atoms with Crippen LogP contribution in [0.4, 0.5) is 0 Å². The lowest BCUT2D eigenvalue weighted by atomic mass is 9.76. The fourth-order valence-electron chi connectivity index (χ4n) is 15.4. The highest BCUT2D eigenvalue weighted by atomic mass is 79.9. The van der Waals surface area contributed by atoms with E-state index in [2.05, 4.69) is 75.3 Å². The van der Waals surface area contributed by atoms with E-state index in [0.29, 0.717) is 36.3 Å². The van der Waals surface area contributed by atoms with Crippen LogP contribution in [0.1, 0.15) is 181 Å². The maximum absolute atomic E-state index is 11.7. The van der Waals surface area contributed by atoms with Crippen molar-refractivity contribution in [2.75, 3.05) is 30.4 Å². The first kappa shape index (κ1) is 55.3. The molecule has 12 rings (SSSR count). The zero-order chi connectivity index (χ0) is 50.3. The highest BCUT2D eigenvalue weighted by Gasteiger charge is 2.55. The number of nitriles is 3. The lowest BCUT2D eigenvalue weighted by Gasteiger charge is -2.33. The molecule has 1 aliphatic heterocycles. The van der Waals surface area contributed by atoms with Crippen molar-refractivity contribution >= 4 is 49.7 Å². The minimum Gasteiger partial charge on any atom is -0.481 e. The highest BCUT2D eigenvalue weighted by Crippen LogP contribution is 2.59. The van der Waals surface area contributed by atoms with Crippen molar-refractivity contribution in [3.05, 3.63) is 11.6 Å². The Balaban J connectivity index is 0.000000125. The van der Waals surface area contributed by atoms with Crippen LogP contribution in [0.25, 0.3) is 0 Å². The van der Waals surface area contributed by atoms with Crippen LogP contribution in [0, 0.1) is 133 Å². The van der Waals surface area contributed by atoms with Crippen molar-refractivity contribution in [3.63, 3.8) is 0 Å². The van der Waals surface area contributed by atoms with E-state index < -0.39 is 11.4 Å². The Bertz CT molecular complexity index is 1910. The van der Waals surface area contributed by atoms with Gasteiger partial charge in [0, 0.05) is 29.5 Å². The lowest BCUT2D eigenvalue weighted by molar-refractivity contribution is -0.151. The molecule has 0 aromatic carbocycles. The number of ether oxygens (including phenoxy) is 1. The predicted molar refractivity (Wildman–Crippen MR) is 281 cm³/mol. The van der Waals surface area contributed by atoms with Crippen LogP contribution in [0.5, 0.6) is 0 Å². The van der Waals surface area contributed by atoms with Crippen molar-refractivity contribution in [1.29, 1.82) is 15.8 Å². The molecule has 16 atom stereocenters. The smallest absolute Gasteiger partial charge is 0.326 e. The number of esters is 1. The van der Waals surface area contributed by atoms with Gasteiger partial charge >= 0.3 is 11.9 Å². The van der Waals surface area contributed by atoms with Gasteiger partial charge in [0.05, 0.1) is 36.7 Å². The maximum Gasteiger partial charge on any atom is 0.326 e. The number of rotatable bonds is 9. The average molecular weight is 1090 g/mol. The summed E-state index contributed by atoms with van der Waals surface area (Å²) in [5.74, 6) is 10.1. The van der Waals surface area contributed by atoms with Gasteiger partial charge in [-0.1, -0.05) is 43.5 Å². The molecule has 1 spiro atoms. The van der Waals surface area contributed by atoms with Gasteiger partial charge in [-0.05, 0) is 257 Å². The molecule has 0 bridgehead atoms. The largest absolute Gasteiger partial charge is 0.481 e. The number of carbonyl (C=O) groups is 3. The van der Waals surface area contributed by atoms with Gasteiger partial charge in [0.1, 0.15) is 0 Å². The molecule has 1 amide bonds. The molecule has 388 valence electrons. The van der Waals surface area contributed by atoms with Crippen molar-refractivity contribution in [3.8, 4) is 18.2 Å². The number of hydrogen-bond acceptors (Lipinski definition) is 8. The maximum atomic E-state index is 11.7. The van der Waals surface area contributed by atoms with Crippen LogP contribution in [-0.4, -0.2) is 53.3 Å². The molecule has 0 aromatic rings. The van der Waals surface area contributed by atoms with E-state index in [1.165, 1.54) is 119 Å². The number of carboxylic acids is 1. The standard InChI is InChI=1S/C13H19N.C11H15NO2.C10H17NO2.C10H15NO.C8H11N.C6H10Br2/c1-10(2)5-6-13(9-14)7-11-3-4-12(11)8-13;1-2-14-10(13)11(7-12)5-8-3-4-9(8)6-11;11-6-10(5-9(12)13)3-7-1-2-8(7)4-10;12-9-5-10(6-11-9)3-7-1-2-8(7)4-10;9-5-6-3-7-1-2-8(7)4-6;7-3-5-1-2-6(5)4-8/h5,11-12H,3-4,6-8H2,1-2H3;8-9H,2-6H2,1H3;7-8H,1-6,11H2,(H,12,13);7-8H,1-6H2,(H,11,12);6-8H,1-4H2;5-6H,1-4H2/t11-,12+,13?;;2*7-,8+,10?;6?,7-,8+;5-,6+. The monoisotopic (exact) mass is 1090 g/mol. The van der Waals surface area contributed by atoms with Crippen molar-refractivity contribution in [2.24, 2.45) is 104 Å². The number of carboxylic acid groups (broad SMARTS) is 1. The fraction of sp³-hybridized carbons (Fsp3) is 0.862. The zero-order valence-corrected chi connectivity index (χ0v) is 46.2. The Morgan fingerprint density at radius 1 is 0.714 bits per heavy atom. The molecule has 11 saturated carbocycles. The van der Waals surface area contributed by atoms with Gasteiger partial charge in [-0.3, -0.25) is 14.4 Å². The quantitative estimate of drug-likeness (QED) is 0.115. The molecule has 12 heteroatoms. The lowest BCUT2D eigenvalue weighted by Crippen LogP contribution is -2.30. The van der Waals surface area contributed by atoms with Gasteiger partial charge in [0.15, 0.2) is 5.41 Å². The van der Waals surface area contributed by atoms with Crippen molar-refractivity contribution in [1.82, 2.24) is 5.32 Å². The number of nitrogens with zero attached hydrogens (tertiary/aromatic N) is 3. The SMILES string of the molecule is BrC[C@@H]1CC[C@@H]1CBr.CC(C)=CCC1(C#N)C[C@H]2CC[C@H]2C1.CCOC(=O)C1(C#N)CC2CCC2C1.N#CC1C[C@H]2CC[C@H]2C1.NCC1(CC(=O)O)C[C@H]2CC[C@H]2C1.O=C1CC2(CN1)C[C@H]1CC[C@H]1C2. The van der Waals surface area contributed by atoms with Crippen molar-refractivity contribution in [2.45, 2.75) is 181 Å². The molecule has 4 N–H and O–H groups in total. The first-order chi connectivity index (χ1) is 33.6. The second-order valence-electron chi connectivity index (χ2n) is 25.3. The Labute approximate surface area is 438 Å². The second kappa shape index (κ2) is 24.3. The molecule has 12 fully saturated rings. The van der Waals surface area contributed by atoms with Gasteiger partial charge in [-0.2, -0.15) is 15.8 Å². The summed E-state index contributed by atoms with van der Waals surface area (Å²) in [6.45, 7) is 7.92. The Kier molecular flexibility index (Phi) is 19.2. The van der Waals surface area contributed by atoms with E-state index in [-0.39, 0.29) is 29.1 Å². The van der Waals surface area contributed by atoms with Crippen LogP contribution in [-0.2, 0) is 19.1 Å². The zero-order valence-electron chi connectivity index (χ0n) is 43.1. The molecule has 1 heterocycles. The Hall–Kier alpha value is -2.46. The van der Waals surface area contributed by atoms with E-state index in [0.717, 1.165) is 117 Å². The summed E-state index contributed by atoms with van der Waals surface area (Å²) in [6, 6.07) is 7.14. The number of amides is 1. The van der Waals surface area contributed by atoms with E-state index in [4.69, 9.17) is 26.1 Å². The molecule has 0 radical (unpaired) electrons. The molecule has 10 nitrogen and oxygen atoms in total. The van der Waals surface area contributed by atoms with Gasteiger partial charge < -0.3 is 20.9 Å². The number of allylic oxidation sites excluding steroid dienone is 2. The van der Waals surface area contributed by atoms with Crippen LogP contribution >= 0.6 is 31.9 Å². The summed E-state index contributed by atoms with van der Waals surface area (Å²) in [7, 11) is 0. The Morgan fingerprint density at radius 2 is 1.17 bits per heavy atom. The minimum atomic E-state index is -0.804.